The van der Waals surface area contributed by atoms with Crippen LogP contribution in [0.5, 0.6) is 5.75 Å². The van der Waals surface area contributed by atoms with Crippen molar-refractivity contribution >= 4 is 23.0 Å². The lowest BCUT2D eigenvalue weighted by Gasteiger charge is -2.09. The smallest absolute Gasteiger partial charge is 0.274 e. The molecule has 0 aliphatic heterocycles. The van der Waals surface area contributed by atoms with Gasteiger partial charge in [0.2, 0.25) is 0 Å². The average Bonchev–Trinajstić information content (AvgIpc) is 2.70. The summed E-state index contributed by atoms with van der Waals surface area (Å²) in [7, 11) is 0. The number of nitrogens with one attached hydrogen (secondary N) is 2. The minimum absolute atomic E-state index is 0.283. The molecule has 0 spiro atoms. The van der Waals surface area contributed by atoms with Gasteiger partial charge in [0.25, 0.3) is 5.91 Å². The number of nitriles is 1. The summed E-state index contributed by atoms with van der Waals surface area (Å²) < 4.78 is 5.39. The van der Waals surface area contributed by atoms with Gasteiger partial charge in [0.15, 0.2) is 0 Å². The first kappa shape index (κ1) is 18.0. The molecule has 1 amide bonds. The van der Waals surface area contributed by atoms with Gasteiger partial charge < -0.3 is 15.4 Å². The SMILES string of the molecule is CCOc1ccc(NC(=O)c2cc(Nc3cccc(C#N)c3)ccn2)cc1. The molecule has 0 saturated heterocycles. The maximum absolute atomic E-state index is 12.5. The van der Waals surface area contributed by atoms with Crippen LogP contribution in [0, 0.1) is 11.3 Å². The van der Waals surface area contributed by atoms with E-state index >= 15 is 0 Å². The van der Waals surface area contributed by atoms with Gasteiger partial charge in [-0.3, -0.25) is 9.78 Å². The molecule has 0 atom stereocenters. The molecule has 3 aromatic rings. The number of carbonyl (C=O) groups is 1. The second-order valence-corrected chi connectivity index (χ2v) is 5.66. The van der Waals surface area contributed by atoms with Crippen molar-refractivity contribution in [2.24, 2.45) is 0 Å². The first-order chi connectivity index (χ1) is 13.2. The summed E-state index contributed by atoms with van der Waals surface area (Å²) in [6, 6.07) is 19.8. The van der Waals surface area contributed by atoms with Crippen molar-refractivity contribution in [2.75, 3.05) is 17.2 Å². The molecular weight excluding hydrogens is 340 g/mol. The van der Waals surface area contributed by atoms with Crippen LogP contribution in [-0.2, 0) is 0 Å². The van der Waals surface area contributed by atoms with E-state index in [1.165, 1.54) is 0 Å². The van der Waals surface area contributed by atoms with E-state index in [0.29, 0.717) is 23.5 Å². The standard InChI is InChI=1S/C21H18N4O2/c1-2-27-19-8-6-16(7-9-19)25-21(26)20-13-18(10-11-23-20)24-17-5-3-4-15(12-17)14-22/h3-13H,2H2,1H3,(H,23,24)(H,25,26). The van der Waals surface area contributed by atoms with E-state index in [1.54, 1.807) is 60.8 Å². The van der Waals surface area contributed by atoms with Gasteiger partial charge in [-0.15, -0.1) is 0 Å². The second-order valence-electron chi connectivity index (χ2n) is 5.66. The lowest BCUT2D eigenvalue weighted by molar-refractivity contribution is 0.102. The van der Waals surface area contributed by atoms with Crippen LogP contribution >= 0.6 is 0 Å². The molecule has 0 aliphatic carbocycles. The van der Waals surface area contributed by atoms with Gasteiger partial charge in [-0.1, -0.05) is 6.07 Å². The molecule has 6 heteroatoms. The number of hydrogen-bond donors (Lipinski definition) is 2. The Labute approximate surface area is 157 Å². The van der Waals surface area contributed by atoms with Crippen LogP contribution in [0.3, 0.4) is 0 Å². The number of pyridine rings is 1. The van der Waals surface area contributed by atoms with Gasteiger partial charge in [0, 0.05) is 23.3 Å². The van der Waals surface area contributed by atoms with Crippen molar-refractivity contribution in [3.05, 3.63) is 78.1 Å². The fraction of sp³-hybridized carbons (Fsp3) is 0.0952. The number of benzene rings is 2. The predicted octanol–water partition coefficient (Wildman–Crippen LogP) is 4.35. The molecule has 0 saturated carbocycles. The Morgan fingerprint density at radius 3 is 2.59 bits per heavy atom. The summed E-state index contributed by atoms with van der Waals surface area (Å²) in [5, 5.41) is 15.0. The Bertz CT molecular complexity index is 978. The Morgan fingerprint density at radius 1 is 1.07 bits per heavy atom. The largest absolute Gasteiger partial charge is 0.494 e. The highest BCUT2D eigenvalue weighted by Crippen LogP contribution is 2.19. The zero-order valence-electron chi connectivity index (χ0n) is 14.8. The van der Waals surface area contributed by atoms with Crippen LogP contribution < -0.4 is 15.4 Å². The normalized spacial score (nSPS) is 9.93. The maximum atomic E-state index is 12.5. The summed E-state index contributed by atoms with van der Waals surface area (Å²) in [6.45, 7) is 2.51. The number of nitrogens with zero attached hydrogens (tertiary/aromatic N) is 2. The Kier molecular flexibility index (Phi) is 5.65. The van der Waals surface area contributed by atoms with E-state index in [-0.39, 0.29) is 11.6 Å². The third kappa shape index (κ3) is 4.83. The highest BCUT2D eigenvalue weighted by atomic mass is 16.5. The molecule has 1 heterocycles. The van der Waals surface area contributed by atoms with Gasteiger partial charge in [-0.25, -0.2) is 0 Å². The van der Waals surface area contributed by atoms with Crippen LogP contribution in [0.25, 0.3) is 0 Å². The third-order valence-electron chi connectivity index (χ3n) is 3.70. The van der Waals surface area contributed by atoms with Crippen molar-refractivity contribution < 1.29 is 9.53 Å². The van der Waals surface area contributed by atoms with E-state index in [9.17, 15) is 4.79 Å². The number of ether oxygens (including phenoxy) is 1. The van der Waals surface area contributed by atoms with Gasteiger partial charge in [0.1, 0.15) is 11.4 Å². The van der Waals surface area contributed by atoms with Crippen molar-refractivity contribution in [3.63, 3.8) is 0 Å². The quantitative estimate of drug-likeness (QED) is 0.684. The molecule has 0 unspecified atom stereocenters. The number of rotatable bonds is 6. The molecule has 2 N–H and O–H groups in total. The highest BCUT2D eigenvalue weighted by molar-refractivity contribution is 6.03. The summed E-state index contributed by atoms with van der Waals surface area (Å²) in [5.41, 5.74) is 2.97. The zero-order chi connectivity index (χ0) is 19.1. The molecule has 2 aromatic carbocycles. The van der Waals surface area contributed by atoms with Crippen LogP contribution in [0.4, 0.5) is 17.1 Å². The van der Waals surface area contributed by atoms with E-state index in [1.807, 2.05) is 13.0 Å². The lowest BCUT2D eigenvalue weighted by atomic mass is 10.2. The number of hydrogen-bond acceptors (Lipinski definition) is 5. The summed E-state index contributed by atoms with van der Waals surface area (Å²) in [6.07, 6.45) is 1.56. The number of anilines is 3. The van der Waals surface area contributed by atoms with Gasteiger partial charge in [0.05, 0.1) is 18.2 Å². The van der Waals surface area contributed by atoms with Crippen LogP contribution in [0.15, 0.2) is 66.9 Å². The zero-order valence-corrected chi connectivity index (χ0v) is 14.8. The monoisotopic (exact) mass is 358 g/mol. The van der Waals surface area contributed by atoms with Crippen LogP contribution in [0.2, 0.25) is 0 Å². The molecule has 1 aromatic heterocycles. The topological polar surface area (TPSA) is 87.0 Å². The fourth-order valence-corrected chi connectivity index (χ4v) is 2.46. The molecule has 0 aliphatic rings. The summed E-state index contributed by atoms with van der Waals surface area (Å²) in [5.74, 6) is 0.438. The number of amides is 1. The minimum atomic E-state index is -0.311. The third-order valence-corrected chi connectivity index (χ3v) is 3.70. The first-order valence-electron chi connectivity index (χ1n) is 8.45. The minimum Gasteiger partial charge on any atom is -0.494 e. The second kappa shape index (κ2) is 8.50. The molecule has 0 bridgehead atoms. The van der Waals surface area contributed by atoms with Crippen molar-refractivity contribution in [2.45, 2.75) is 6.92 Å². The van der Waals surface area contributed by atoms with Gasteiger partial charge >= 0.3 is 0 Å². The number of aromatic nitrogens is 1. The van der Waals surface area contributed by atoms with E-state index in [0.717, 1.165) is 11.4 Å². The maximum Gasteiger partial charge on any atom is 0.274 e. The molecule has 0 radical (unpaired) electrons. The highest BCUT2D eigenvalue weighted by Gasteiger charge is 2.09. The Hall–Kier alpha value is -3.85. The van der Waals surface area contributed by atoms with E-state index in [4.69, 9.17) is 10.00 Å². The molecule has 0 fully saturated rings. The Balaban J connectivity index is 1.70. The predicted molar refractivity (Wildman–Crippen MR) is 104 cm³/mol. The first-order valence-corrected chi connectivity index (χ1v) is 8.45. The van der Waals surface area contributed by atoms with Crippen molar-refractivity contribution in [1.29, 1.82) is 5.26 Å². The molecular formula is C21H18N4O2. The van der Waals surface area contributed by atoms with Crippen molar-refractivity contribution in [1.82, 2.24) is 4.98 Å². The summed E-state index contributed by atoms with van der Waals surface area (Å²) in [4.78, 5) is 16.6. The Morgan fingerprint density at radius 2 is 1.85 bits per heavy atom. The summed E-state index contributed by atoms with van der Waals surface area (Å²) >= 11 is 0. The van der Waals surface area contributed by atoms with E-state index < -0.39 is 0 Å². The van der Waals surface area contributed by atoms with Crippen molar-refractivity contribution in [3.8, 4) is 11.8 Å². The van der Waals surface area contributed by atoms with Crippen LogP contribution in [-0.4, -0.2) is 17.5 Å². The fourth-order valence-electron chi connectivity index (χ4n) is 2.46. The average molecular weight is 358 g/mol. The van der Waals surface area contributed by atoms with Gasteiger partial charge in [-0.2, -0.15) is 5.26 Å². The number of carbonyl (C=O) groups excluding carboxylic acids is 1. The van der Waals surface area contributed by atoms with Crippen LogP contribution in [0.1, 0.15) is 23.0 Å². The molecule has 6 nitrogen and oxygen atoms in total. The van der Waals surface area contributed by atoms with E-state index in [2.05, 4.69) is 21.7 Å². The lowest BCUT2D eigenvalue weighted by Crippen LogP contribution is -2.13. The van der Waals surface area contributed by atoms with Gasteiger partial charge in [-0.05, 0) is 61.5 Å². The molecule has 27 heavy (non-hydrogen) atoms. The molecule has 134 valence electrons. The molecule has 3 rings (SSSR count).